The minimum absolute atomic E-state index is 0.458. The van der Waals surface area contributed by atoms with Crippen LogP contribution in [0.1, 0.15) is 30.0 Å². The molecule has 1 aliphatic heterocycles. The first-order valence-corrected chi connectivity index (χ1v) is 6.39. The Morgan fingerprint density at radius 1 is 1.41 bits per heavy atom. The molecule has 3 rings (SSSR count). The summed E-state index contributed by atoms with van der Waals surface area (Å²) in [6.07, 6.45) is 5.74. The number of alkyl halides is 1. The van der Waals surface area contributed by atoms with Crippen molar-refractivity contribution in [2.24, 2.45) is 0 Å². The number of hydrogen-bond donors (Lipinski definition) is 0. The van der Waals surface area contributed by atoms with Crippen LogP contribution >= 0.6 is 11.6 Å². The highest BCUT2D eigenvalue weighted by Gasteiger charge is 2.23. The van der Waals surface area contributed by atoms with Gasteiger partial charge in [0.25, 0.3) is 0 Å². The largest absolute Gasteiger partial charge is 0.381 e. The number of ether oxygens (including phenoxy) is 1. The van der Waals surface area contributed by atoms with Crippen LogP contribution in [-0.2, 0) is 10.6 Å². The lowest BCUT2D eigenvalue weighted by atomic mass is 9.94. The zero-order valence-electron chi connectivity index (χ0n) is 9.47. The first kappa shape index (κ1) is 11.0. The maximum atomic E-state index is 6.05. The number of nitrogens with zero attached hydrogens (tertiary/aromatic N) is 3. The molecule has 1 aliphatic rings. The van der Waals surface area contributed by atoms with Crippen LogP contribution in [0.4, 0.5) is 0 Å². The van der Waals surface area contributed by atoms with Crippen molar-refractivity contribution in [3.05, 3.63) is 29.7 Å². The molecule has 0 aromatic carbocycles. The van der Waals surface area contributed by atoms with Gasteiger partial charge in [0.05, 0.1) is 11.6 Å². The highest BCUT2D eigenvalue weighted by Crippen LogP contribution is 2.30. The van der Waals surface area contributed by atoms with Crippen molar-refractivity contribution in [1.29, 1.82) is 0 Å². The highest BCUT2D eigenvalue weighted by molar-refractivity contribution is 6.17. The maximum absolute atomic E-state index is 6.05. The van der Waals surface area contributed by atoms with Crippen LogP contribution in [0.3, 0.4) is 0 Å². The number of hydrogen-bond acceptors (Lipinski definition) is 3. The molecular weight excluding hydrogens is 238 g/mol. The van der Waals surface area contributed by atoms with E-state index in [0.29, 0.717) is 11.8 Å². The van der Waals surface area contributed by atoms with E-state index in [0.717, 1.165) is 43.0 Å². The molecule has 0 N–H and O–H groups in total. The fourth-order valence-corrected chi connectivity index (χ4v) is 2.63. The minimum atomic E-state index is 0.458. The van der Waals surface area contributed by atoms with Gasteiger partial charge in [-0.25, -0.2) is 9.50 Å². The van der Waals surface area contributed by atoms with Crippen molar-refractivity contribution in [1.82, 2.24) is 14.6 Å². The lowest BCUT2D eigenvalue weighted by molar-refractivity contribution is 0.0843. The number of fused-ring (bicyclic) bond motifs is 1. The van der Waals surface area contributed by atoms with E-state index in [1.54, 1.807) is 6.20 Å². The topological polar surface area (TPSA) is 39.4 Å². The van der Waals surface area contributed by atoms with Crippen LogP contribution in [0.5, 0.6) is 0 Å². The van der Waals surface area contributed by atoms with Crippen LogP contribution in [0, 0.1) is 0 Å². The van der Waals surface area contributed by atoms with E-state index >= 15 is 0 Å². The molecule has 0 saturated carbocycles. The van der Waals surface area contributed by atoms with Gasteiger partial charge in [-0.05, 0) is 18.9 Å². The highest BCUT2D eigenvalue weighted by atomic mass is 35.5. The Hall–Kier alpha value is -1.13. The van der Waals surface area contributed by atoms with E-state index in [2.05, 4.69) is 10.1 Å². The van der Waals surface area contributed by atoms with Crippen molar-refractivity contribution >= 4 is 17.2 Å². The summed E-state index contributed by atoms with van der Waals surface area (Å²) in [7, 11) is 0. The van der Waals surface area contributed by atoms with Crippen molar-refractivity contribution in [2.45, 2.75) is 24.6 Å². The molecular formula is C12H14ClN3O. The molecule has 0 radical (unpaired) electrons. The molecule has 90 valence electrons. The van der Waals surface area contributed by atoms with Crippen molar-refractivity contribution in [2.75, 3.05) is 13.2 Å². The molecule has 17 heavy (non-hydrogen) atoms. The third-order valence-corrected chi connectivity index (χ3v) is 3.53. The van der Waals surface area contributed by atoms with Crippen LogP contribution in [0.25, 0.3) is 5.65 Å². The molecule has 0 aliphatic carbocycles. The molecule has 0 unspecified atom stereocenters. The maximum Gasteiger partial charge on any atom is 0.159 e. The second-order valence-corrected chi connectivity index (χ2v) is 4.54. The van der Waals surface area contributed by atoms with Crippen LogP contribution in [0.15, 0.2) is 18.5 Å². The predicted molar refractivity (Wildman–Crippen MR) is 65.3 cm³/mol. The molecule has 1 fully saturated rings. The molecule has 0 spiro atoms. The lowest BCUT2D eigenvalue weighted by Gasteiger charge is -2.20. The number of rotatable bonds is 2. The zero-order chi connectivity index (χ0) is 11.7. The number of halogens is 1. The second kappa shape index (κ2) is 4.63. The molecule has 3 heterocycles. The van der Waals surface area contributed by atoms with E-state index in [4.69, 9.17) is 16.3 Å². The smallest absolute Gasteiger partial charge is 0.159 e. The van der Waals surface area contributed by atoms with Gasteiger partial charge < -0.3 is 4.74 Å². The summed E-state index contributed by atoms with van der Waals surface area (Å²) in [6.45, 7) is 1.63. The van der Waals surface area contributed by atoms with Gasteiger partial charge in [-0.2, -0.15) is 5.10 Å². The zero-order valence-corrected chi connectivity index (χ0v) is 10.2. The Bertz CT molecular complexity index is 519. The molecule has 2 aromatic heterocycles. The third-order valence-electron chi connectivity index (χ3n) is 3.26. The van der Waals surface area contributed by atoms with Crippen molar-refractivity contribution in [3.8, 4) is 0 Å². The molecule has 1 saturated heterocycles. The van der Waals surface area contributed by atoms with Crippen LogP contribution < -0.4 is 0 Å². The summed E-state index contributed by atoms with van der Waals surface area (Å²) in [5.41, 5.74) is 3.05. The van der Waals surface area contributed by atoms with Gasteiger partial charge in [0.2, 0.25) is 0 Å². The van der Waals surface area contributed by atoms with Crippen molar-refractivity contribution in [3.63, 3.8) is 0 Å². The average Bonchev–Trinajstić information content (AvgIpc) is 2.78. The monoisotopic (exact) mass is 251 g/mol. The average molecular weight is 252 g/mol. The van der Waals surface area contributed by atoms with Gasteiger partial charge in [-0.1, -0.05) is 0 Å². The Kier molecular flexibility index (Phi) is 2.99. The van der Waals surface area contributed by atoms with Gasteiger partial charge in [0.15, 0.2) is 5.65 Å². The van der Waals surface area contributed by atoms with E-state index in [9.17, 15) is 0 Å². The third kappa shape index (κ3) is 1.91. The Balaban J connectivity index is 2.08. The summed E-state index contributed by atoms with van der Waals surface area (Å²) in [4.78, 5) is 4.35. The first-order valence-electron chi connectivity index (χ1n) is 5.86. The standard InChI is InChI=1S/C12H14ClN3O/c13-8-10-11(9-2-6-17-7-3-9)15-16-5-1-4-14-12(10)16/h1,4-5,9H,2-3,6-8H2. The second-order valence-electron chi connectivity index (χ2n) is 4.27. The van der Waals surface area contributed by atoms with E-state index < -0.39 is 0 Å². The molecule has 5 heteroatoms. The molecule has 0 bridgehead atoms. The Labute approximate surface area is 105 Å². The summed E-state index contributed by atoms with van der Waals surface area (Å²) < 4.78 is 7.21. The molecule has 2 aromatic rings. The SMILES string of the molecule is ClCc1c(C2CCOCC2)nn2cccnc12. The van der Waals surface area contributed by atoms with Gasteiger partial charge >= 0.3 is 0 Å². The van der Waals surface area contributed by atoms with Gasteiger partial charge in [0, 0.05) is 37.1 Å². The van der Waals surface area contributed by atoms with E-state index in [-0.39, 0.29) is 0 Å². The van der Waals surface area contributed by atoms with Gasteiger partial charge in [-0.3, -0.25) is 0 Å². The minimum Gasteiger partial charge on any atom is -0.381 e. The van der Waals surface area contributed by atoms with Crippen LogP contribution in [-0.4, -0.2) is 27.8 Å². The summed E-state index contributed by atoms with van der Waals surface area (Å²) >= 11 is 6.05. The summed E-state index contributed by atoms with van der Waals surface area (Å²) in [5, 5.41) is 4.62. The molecule has 0 atom stereocenters. The fraction of sp³-hybridized carbons (Fsp3) is 0.500. The first-order chi connectivity index (χ1) is 8.40. The van der Waals surface area contributed by atoms with E-state index in [1.165, 1.54) is 0 Å². The van der Waals surface area contributed by atoms with Crippen molar-refractivity contribution < 1.29 is 4.74 Å². The summed E-state index contributed by atoms with van der Waals surface area (Å²) in [5.74, 6) is 0.923. The fourth-order valence-electron chi connectivity index (χ4n) is 2.38. The van der Waals surface area contributed by atoms with Gasteiger partial charge in [0.1, 0.15) is 0 Å². The predicted octanol–water partition coefficient (Wildman–Crippen LogP) is 2.36. The normalized spacial score (nSPS) is 17.7. The quantitative estimate of drug-likeness (QED) is 0.770. The van der Waals surface area contributed by atoms with Gasteiger partial charge in [-0.15, -0.1) is 11.6 Å². The summed E-state index contributed by atoms with van der Waals surface area (Å²) in [6, 6.07) is 1.88. The molecule has 0 amide bonds. The number of aromatic nitrogens is 3. The Morgan fingerprint density at radius 3 is 3.00 bits per heavy atom. The lowest BCUT2D eigenvalue weighted by Crippen LogP contribution is -2.15. The van der Waals surface area contributed by atoms with E-state index in [1.807, 2.05) is 16.8 Å². The Morgan fingerprint density at radius 2 is 2.24 bits per heavy atom. The molecule has 4 nitrogen and oxygen atoms in total. The van der Waals surface area contributed by atoms with Crippen LogP contribution in [0.2, 0.25) is 0 Å².